The Morgan fingerprint density at radius 3 is 2.65 bits per heavy atom. The van der Waals surface area contributed by atoms with Crippen LogP contribution in [0.1, 0.15) is 30.9 Å². The van der Waals surface area contributed by atoms with Gasteiger partial charge in [0.2, 0.25) is 0 Å². The van der Waals surface area contributed by atoms with Crippen LogP contribution in [0.25, 0.3) is 0 Å². The summed E-state index contributed by atoms with van der Waals surface area (Å²) in [6, 6.07) is 0. The van der Waals surface area contributed by atoms with Crippen molar-refractivity contribution in [2.45, 2.75) is 32.7 Å². The van der Waals surface area contributed by atoms with E-state index in [2.05, 4.69) is 20.4 Å². The maximum Gasteiger partial charge on any atom is 0.146 e. The molecule has 1 aliphatic heterocycles. The minimum atomic E-state index is 0.817. The van der Waals surface area contributed by atoms with Crippen LogP contribution >= 0.6 is 0 Å². The molecule has 0 atom stereocenters. The Hall–Kier alpha value is -0.940. The van der Waals surface area contributed by atoms with Crippen molar-refractivity contribution in [1.82, 2.24) is 25.0 Å². The third kappa shape index (κ3) is 3.51. The Morgan fingerprint density at radius 1 is 1.24 bits per heavy atom. The number of nitrogens with one attached hydrogen (secondary N) is 1. The Morgan fingerprint density at radius 2 is 2.00 bits per heavy atom. The van der Waals surface area contributed by atoms with Gasteiger partial charge in [-0.25, -0.2) is 0 Å². The molecule has 17 heavy (non-hydrogen) atoms. The third-order valence-corrected chi connectivity index (χ3v) is 3.49. The first-order valence-electron chi connectivity index (χ1n) is 6.55. The van der Waals surface area contributed by atoms with E-state index in [1.54, 1.807) is 0 Å². The highest BCUT2D eigenvalue weighted by molar-refractivity contribution is 4.91. The summed E-state index contributed by atoms with van der Waals surface area (Å²) in [6.45, 7) is 7.67. The molecule has 1 saturated heterocycles. The summed E-state index contributed by atoms with van der Waals surface area (Å²) in [4.78, 5) is 2.55. The highest BCUT2D eigenvalue weighted by Gasteiger charge is 2.10. The van der Waals surface area contributed by atoms with E-state index in [4.69, 9.17) is 0 Å². The minimum Gasteiger partial charge on any atom is -0.317 e. The van der Waals surface area contributed by atoms with Gasteiger partial charge in [0.05, 0.1) is 6.54 Å². The number of rotatable bonds is 6. The van der Waals surface area contributed by atoms with Crippen LogP contribution in [0.3, 0.4) is 0 Å². The molecule has 1 fully saturated rings. The first-order valence-corrected chi connectivity index (χ1v) is 6.55. The topological polar surface area (TPSA) is 46.0 Å². The molecule has 5 heteroatoms. The zero-order chi connectivity index (χ0) is 12.1. The normalized spacial score (nSPS) is 16.8. The zero-order valence-electron chi connectivity index (χ0n) is 10.9. The third-order valence-electron chi connectivity index (χ3n) is 3.49. The van der Waals surface area contributed by atoms with E-state index in [-0.39, 0.29) is 0 Å². The second-order valence-corrected chi connectivity index (χ2v) is 4.80. The predicted molar refractivity (Wildman–Crippen MR) is 67.7 cm³/mol. The molecule has 0 unspecified atom stereocenters. The van der Waals surface area contributed by atoms with Gasteiger partial charge in [0, 0.05) is 7.05 Å². The highest BCUT2D eigenvalue weighted by Crippen LogP contribution is 2.06. The van der Waals surface area contributed by atoms with Crippen molar-refractivity contribution in [3.63, 3.8) is 0 Å². The van der Waals surface area contributed by atoms with Gasteiger partial charge in [0.15, 0.2) is 0 Å². The molecule has 1 N–H and O–H groups in total. The van der Waals surface area contributed by atoms with Crippen LogP contribution in [0.5, 0.6) is 0 Å². The van der Waals surface area contributed by atoms with E-state index in [1.165, 1.54) is 38.9 Å². The van der Waals surface area contributed by atoms with Gasteiger partial charge in [-0.1, -0.05) is 0 Å². The molecule has 0 aromatic carbocycles. The summed E-state index contributed by atoms with van der Waals surface area (Å²) < 4.78 is 2.04. The molecule has 0 bridgehead atoms. The fourth-order valence-corrected chi connectivity index (χ4v) is 2.24. The van der Waals surface area contributed by atoms with Crippen LogP contribution in [0.15, 0.2) is 0 Å². The summed E-state index contributed by atoms with van der Waals surface area (Å²) in [5, 5.41) is 11.6. The van der Waals surface area contributed by atoms with Crippen molar-refractivity contribution in [2.24, 2.45) is 7.05 Å². The summed E-state index contributed by atoms with van der Waals surface area (Å²) >= 11 is 0. The fourth-order valence-electron chi connectivity index (χ4n) is 2.24. The number of hydrogen-bond donors (Lipinski definition) is 1. The average Bonchev–Trinajstić information content (AvgIpc) is 2.93. The molecule has 1 aromatic heterocycles. The molecule has 0 spiro atoms. The van der Waals surface area contributed by atoms with E-state index < -0.39 is 0 Å². The lowest BCUT2D eigenvalue weighted by Crippen LogP contribution is -2.25. The van der Waals surface area contributed by atoms with Crippen LogP contribution in [0.2, 0.25) is 0 Å². The van der Waals surface area contributed by atoms with Gasteiger partial charge in [0.25, 0.3) is 0 Å². The van der Waals surface area contributed by atoms with Gasteiger partial charge >= 0.3 is 0 Å². The second-order valence-electron chi connectivity index (χ2n) is 4.80. The van der Waals surface area contributed by atoms with E-state index in [1.807, 2.05) is 18.5 Å². The van der Waals surface area contributed by atoms with Crippen LogP contribution in [-0.2, 0) is 13.6 Å². The highest BCUT2D eigenvalue weighted by atomic mass is 15.3. The number of aromatic nitrogens is 3. The van der Waals surface area contributed by atoms with Crippen LogP contribution in [0.4, 0.5) is 0 Å². The molecular formula is C12H23N5. The minimum absolute atomic E-state index is 0.817. The number of likely N-dealkylation sites (tertiary alicyclic amines) is 1. The molecule has 5 nitrogen and oxygen atoms in total. The van der Waals surface area contributed by atoms with Crippen molar-refractivity contribution in [3.05, 3.63) is 11.6 Å². The van der Waals surface area contributed by atoms with Crippen LogP contribution < -0.4 is 5.32 Å². The maximum atomic E-state index is 4.13. The molecule has 2 rings (SSSR count). The van der Waals surface area contributed by atoms with Gasteiger partial charge in [-0.2, -0.15) is 0 Å². The molecule has 0 amide bonds. The molecule has 2 heterocycles. The van der Waals surface area contributed by atoms with Crippen molar-refractivity contribution in [2.75, 3.05) is 26.2 Å². The summed E-state index contributed by atoms with van der Waals surface area (Å²) in [7, 11) is 2.01. The zero-order valence-corrected chi connectivity index (χ0v) is 10.9. The van der Waals surface area contributed by atoms with Crippen molar-refractivity contribution >= 4 is 0 Å². The smallest absolute Gasteiger partial charge is 0.146 e. The van der Waals surface area contributed by atoms with E-state index in [0.717, 1.165) is 24.7 Å². The Kier molecular flexibility index (Phi) is 4.50. The predicted octanol–water partition coefficient (Wildman–Crippen LogP) is 0.699. The van der Waals surface area contributed by atoms with Crippen LogP contribution in [-0.4, -0.2) is 45.8 Å². The SMILES string of the molecule is Cc1nnc(CNCCCN2CCCC2)n1C. The Labute approximate surface area is 103 Å². The van der Waals surface area contributed by atoms with Crippen molar-refractivity contribution < 1.29 is 0 Å². The maximum absolute atomic E-state index is 4.13. The Balaban J connectivity index is 1.58. The average molecular weight is 237 g/mol. The molecule has 1 aliphatic rings. The van der Waals surface area contributed by atoms with Crippen LogP contribution in [0, 0.1) is 6.92 Å². The molecule has 1 aromatic rings. The van der Waals surface area contributed by atoms with Gasteiger partial charge in [-0.05, 0) is 52.4 Å². The van der Waals surface area contributed by atoms with Gasteiger partial charge < -0.3 is 14.8 Å². The number of nitrogens with zero attached hydrogens (tertiary/aromatic N) is 4. The van der Waals surface area contributed by atoms with E-state index >= 15 is 0 Å². The van der Waals surface area contributed by atoms with E-state index in [9.17, 15) is 0 Å². The number of hydrogen-bond acceptors (Lipinski definition) is 4. The molecule has 96 valence electrons. The van der Waals surface area contributed by atoms with Gasteiger partial charge in [-0.15, -0.1) is 10.2 Å². The van der Waals surface area contributed by atoms with Gasteiger partial charge in [0.1, 0.15) is 11.6 Å². The molecule has 0 saturated carbocycles. The Bertz CT molecular complexity index is 341. The van der Waals surface area contributed by atoms with E-state index in [0.29, 0.717) is 0 Å². The standard InChI is InChI=1S/C12H23N5/c1-11-14-15-12(16(11)2)10-13-6-5-9-17-7-3-4-8-17/h13H,3-10H2,1-2H3. The molecular weight excluding hydrogens is 214 g/mol. The fraction of sp³-hybridized carbons (Fsp3) is 0.833. The molecule has 0 radical (unpaired) electrons. The summed E-state index contributed by atoms with van der Waals surface area (Å²) in [5.41, 5.74) is 0. The first-order chi connectivity index (χ1) is 8.27. The number of aryl methyl sites for hydroxylation is 1. The van der Waals surface area contributed by atoms with Crippen molar-refractivity contribution in [3.8, 4) is 0 Å². The monoisotopic (exact) mass is 237 g/mol. The quantitative estimate of drug-likeness (QED) is 0.740. The summed E-state index contributed by atoms with van der Waals surface area (Å²) in [6.07, 6.45) is 3.98. The second kappa shape index (κ2) is 6.12. The lowest BCUT2D eigenvalue weighted by atomic mass is 10.4. The lowest BCUT2D eigenvalue weighted by Gasteiger charge is -2.14. The van der Waals surface area contributed by atoms with Crippen molar-refractivity contribution in [1.29, 1.82) is 0 Å². The first kappa shape index (κ1) is 12.5. The summed E-state index contributed by atoms with van der Waals surface area (Å²) in [5.74, 6) is 1.99. The largest absolute Gasteiger partial charge is 0.317 e. The lowest BCUT2D eigenvalue weighted by molar-refractivity contribution is 0.330. The molecule has 0 aliphatic carbocycles. The van der Waals surface area contributed by atoms with Gasteiger partial charge in [-0.3, -0.25) is 0 Å².